The predicted molar refractivity (Wildman–Crippen MR) is 95.8 cm³/mol. The van der Waals surface area contributed by atoms with E-state index in [9.17, 15) is 5.11 Å². The van der Waals surface area contributed by atoms with Gasteiger partial charge in [0.2, 0.25) is 0 Å². The number of benzene rings is 2. The number of methoxy groups -OCH3 is 1. The molecule has 2 aromatic rings. The molecule has 1 fully saturated rings. The van der Waals surface area contributed by atoms with Crippen molar-refractivity contribution in [2.45, 2.75) is 31.6 Å². The Kier molecular flexibility index (Phi) is 5.76. The molecule has 0 saturated heterocycles. The molecular weight excluding hydrogens is 300 g/mol. The van der Waals surface area contributed by atoms with E-state index in [1.165, 1.54) is 17.5 Å². The molecule has 3 heteroatoms. The van der Waals surface area contributed by atoms with Gasteiger partial charge in [-0.1, -0.05) is 24.3 Å². The lowest BCUT2D eigenvalue weighted by molar-refractivity contribution is 0.229. The molecule has 1 saturated carbocycles. The van der Waals surface area contributed by atoms with Crippen LogP contribution in [-0.4, -0.2) is 25.4 Å². The summed E-state index contributed by atoms with van der Waals surface area (Å²) in [5, 5.41) is 9.27. The van der Waals surface area contributed by atoms with Crippen molar-refractivity contribution in [3.63, 3.8) is 0 Å². The minimum Gasteiger partial charge on any atom is -0.497 e. The van der Waals surface area contributed by atoms with Crippen LogP contribution in [0.25, 0.3) is 0 Å². The Labute approximate surface area is 144 Å². The van der Waals surface area contributed by atoms with Crippen LogP contribution in [0.15, 0.2) is 48.5 Å². The molecule has 0 aromatic heterocycles. The molecule has 1 unspecified atom stereocenters. The van der Waals surface area contributed by atoms with E-state index in [4.69, 9.17) is 9.47 Å². The first kappa shape index (κ1) is 16.8. The van der Waals surface area contributed by atoms with Crippen molar-refractivity contribution in [1.29, 1.82) is 0 Å². The zero-order valence-electron chi connectivity index (χ0n) is 14.3. The zero-order chi connectivity index (χ0) is 16.8. The van der Waals surface area contributed by atoms with Gasteiger partial charge in [-0.2, -0.15) is 0 Å². The van der Waals surface area contributed by atoms with E-state index in [-0.39, 0.29) is 0 Å². The number of hydrogen-bond donors (Lipinski definition) is 1. The van der Waals surface area contributed by atoms with Crippen LogP contribution in [0.4, 0.5) is 0 Å². The normalized spacial score (nSPS) is 20.1. The fraction of sp³-hybridized carbons (Fsp3) is 0.429. The largest absolute Gasteiger partial charge is 0.497 e. The standard InChI is InChI=1S/C21H26O3/c1-23-20-8-3-16(4-9-20)12-13-24-21-10-6-18(7-11-21)19-5-2-17(14-19)15-22/h3-4,6-11,17,19,22H,2,5,12-15H2,1H3/t17-,19?/m0/s1. The Balaban J connectivity index is 1.47. The van der Waals surface area contributed by atoms with Gasteiger partial charge in [0.1, 0.15) is 11.5 Å². The lowest BCUT2D eigenvalue weighted by Crippen LogP contribution is -2.02. The van der Waals surface area contributed by atoms with Gasteiger partial charge >= 0.3 is 0 Å². The molecule has 0 aliphatic heterocycles. The molecule has 3 nitrogen and oxygen atoms in total. The summed E-state index contributed by atoms with van der Waals surface area (Å²) in [4.78, 5) is 0. The van der Waals surface area contributed by atoms with E-state index >= 15 is 0 Å². The second kappa shape index (κ2) is 8.20. The van der Waals surface area contributed by atoms with Gasteiger partial charge in [0.25, 0.3) is 0 Å². The molecule has 1 aliphatic carbocycles. The van der Waals surface area contributed by atoms with Gasteiger partial charge in [-0.25, -0.2) is 0 Å². The summed E-state index contributed by atoms with van der Waals surface area (Å²) in [7, 11) is 1.68. The Morgan fingerprint density at radius 1 is 0.958 bits per heavy atom. The number of hydrogen-bond acceptors (Lipinski definition) is 3. The molecule has 0 spiro atoms. The predicted octanol–water partition coefficient (Wildman–Crippen LogP) is 4.19. The van der Waals surface area contributed by atoms with E-state index in [1.54, 1.807) is 7.11 Å². The second-order valence-corrected chi connectivity index (χ2v) is 6.57. The zero-order valence-corrected chi connectivity index (χ0v) is 14.3. The van der Waals surface area contributed by atoms with Crippen LogP contribution in [-0.2, 0) is 6.42 Å². The first-order chi connectivity index (χ1) is 11.8. The van der Waals surface area contributed by atoms with Gasteiger partial charge in [0, 0.05) is 13.0 Å². The van der Waals surface area contributed by atoms with Crippen molar-refractivity contribution in [2.24, 2.45) is 5.92 Å². The molecule has 0 radical (unpaired) electrons. The smallest absolute Gasteiger partial charge is 0.119 e. The number of ether oxygens (including phenoxy) is 2. The molecule has 2 atom stereocenters. The third-order valence-corrected chi connectivity index (χ3v) is 4.97. The van der Waals surface area contributed by atoms with Gasteiger partial charge in [-0.05, 0) is 66.5 Å². The third-order valence-electron chi connectivity index (χ3n) is 4.97. The molecule has 24 heavy (non-hydrogen) atoms. The maximum atomic E-state index is 9.27. The molecule has 1 N–H and O–H groups in total. The monoisotopic (exact) mass is 326 g/mol. The second-order valence-electron chi connectivity index (χ2n) is 6.57. The molecule has 1 aliphatic rings. The summed E-state index contributed by atoms with van der Waals surface area (Å²) in [6, 6.07) is 16.6. The Morgan fingerprint density at radius 3 is 2.29 bits per heavy atom. The van der Waals surface area contributed by atoms with Gasteiger partial charge < -0.3 is 14.6 Å². The quantitative estimate of drug-likeness (QED) is 0.829. The summed E-state index contributed by atoms with van der Waals surface area (Å²) in [5.74, 6) is 2.88. The molecule has 2 aromatic carbocycles. The van der Waals surface area contributed by atoms with E-state index in [2.05, 4.69) is 36.4 Å². The maximum Gasteiger partial charge on any atom is 0.119 e. The molecular formula is C21H26O3. The Bertz CT molecular complexity index is 619. The average molecular weight is 326 g/mol. The van der Waals surface area contributed by atoms with Gasteiger partial charge in [0.05, 0.1) is 13.7 Å². The van der Waals surface area contributed by atoms with Crippen molar-refractivity contribution in [3.05, 3.63) is 59.7 Å². The molecule has 0 amide bonds. The Morgan fingerprint density at radius 2 is 1.67 bits per heavy atom. The van der Waals surface area contributed by atoms with Gasteiger partial charge in [0.15, 0.2) is 0 Å². The highest BCUT2D eigenvalue weighted by atomic mass is 16.5. The highest BCUT2D eigenvalue weighted by molar-refractivity contribution is 5.30. The first-order valence-electron chi connectivity index (χ1n) is 8.75. The first-order valence-corrected chi connectivity index (χ1v) is 8.75. The summed E-state index contributed by atoms with van der Waals surface area (Å²) in [6.45, 7) is 0.991. The van der Waals surface area contributed by atoms with E-state index < -0.39 is 0 Å². The minimum absolute atomic E-state index is 0.322. The van der Waals surface area contributed by atoms with Crippen molar-refractivity contribution < 1.29 is 14.6 Å². The summed E-state index contributed by atoms with van der Waals surface area (Å²) in [5.41, 5.74) is 2.61. The molecule has 3 rings (SSSR count). The van der Waals surface area contributed by atoms with Crippen LogP contribution >= 0.6 is 0 Å². The molecule has 128 valence electrons. The number of aliphatic hydroxyl groups excluding tert-OH is 1. The van der Waals surface area contributed by atoms with Crippen LogP contribution in [0, 0.1) is 5.92 Å². The minimum atomic E-state index is 0.322. The van der Waals surface area contributed by atoms with Crippen molar-refractivity contribution in [2.75, 3.05) is 20.3 Å². The molecule has 0 bridgehead atoms. The SMILES string of the molecule is COc1ccc(CCOc2ccc(C3CC[C@H](CO)C3)cc2)cc1. The van der Waals surface area contributed by atoms with E-state index in [1.807, 2.05) is 12.1 Å². The molecule has 0 heterocycles. The van der Waals surface area contributed by atoms with Crippen LogP contribution in [0.3, 0.4) is 0 Å². The van der Waals surface area contributed by atoms with Crippen molar-refractivity contribution in [3.8, 4) is 11.5 Å². The van der Waals surface area contributed by atoms with Gasteiger partial charge in [-0.15, -0.1) is 0 Å². The van der Waals surface area contributed by atoms with E-state index in [0.717, 1.165) is 30.8 Å². The van der Waals surface area contributed by atoms with E-state index in [0.29, 0.717) is 25.0 Å². The van der Waals surface area contributed by atoms with Crippen LogP contribution in [0.5, 0.6) is 11.5 Å². The van der Waals surface area contributed by atoms with Crippen molar-refractivity contribution >= 4 is 0 Å². The topological polar surface area (TPSA) is 38.7 Å². The summed E-state index contributed by atoms with van der Waals surface area (Å²) in [6.07, 6.45) is 4.31. The highest BCUT2D eigenvalue weighted by Gasteiger charge is 2.25. The number of rotatable bonds is 7. The third kappa shape index (κ3) is 4.30. The van der Waals surface area contributed by atoms with Crippen LogP contribution < -0.4 is 9.47 Å². The fourth-order valence-corrected chi connectivity index (χ4v) is 3.46. The Hall–Kier alpha value is -2.00. The summed E-state index contributed by atoms with van der Waals surface area (Å²) >= 11 is 0. The fourth-order valence-electron chi connectivity index (χ4n) is 3.46. The van der Waals surface area contributed by atoms with Crippen molar-refractivity contribution in [1.82, 2.24) is 0 Å². The lowest BCUT2D eigenvalue weighted by Gasteiger charge is -2.12. The van der Waals surface area contributed by atoms with Gasteiger partial charge in [-0.3, -0.25) is 0 Å². The lowest BCUT2D eigenvalue weighted by atomic mass is 9.96. The highest BCUT2D eigenvalue weighted by Crippen LogP contribution is 2.38. The average Bonchev–Trinajstić information content (AvgIpc) is 3.12. The summed E-state index contributed by atoms with van der Waals surface area (Å²) < 4.78 is 11.0. The van der Waals surface area contributed by atoms with Crippen LogP contribution in [0.1, 0.15) is 36.3 Å². The number of aliphatic hydroxyl groups is 1. The van der Waals surface area contributed by atoms with Crippen LogP contribution in [0.2, 0.25) is 0 Å². The maximum absolute atomic E-state index is 9.27.